The summed E-state index contributed by atoms with van der Waals surface area (Å²) in [7, 11) is 0. The minimum Gasteiger partial charge on any atom is -0.467 e. The molecule has 5 N–H and O–H groups in total. The number of hydrogen-bond acceptors (Lipinski definition) is 16. The molecule has 0 aliphatic carbocycles. The molecule has 4 rings (SSSR count). The van der Waals surface area contributed by atoms with Crippen molar-refractivity contribution in [3.8, 4) is 11.5 Å². The standard InChI is InChI=1S/C39H57N3O14S/c1-4-50-23-52-29-18-26-17-28(41-54-21-33(45)42-15-7-6-8-16-42)14-10-13-27(40-32(44)22-57-39-37(48)36(47)35(46)31(20-43)56-39)12-9-11-25(3)55-38(49)34(26)30(19-29)53-24-51-5-2/h9-10,12,14,18-19,25,27,31,35-37,39,43,46-48H,4-8,11,13,15-17,20-24H2,1-3H3,(H,40,44)/b12-9+,14-10+,41-28?/t25-,27-,31?,35+,36-,37?,39-/m1/s1. The number of amides is 2. The SMILES string of the molecule is CCOCOc1cc2c(c(OCOCC)c1)C(=O)O[C@H](C)C/C=C/[C@@H](NC(=O)CS[C@H]1OC(CO)[C@H](O)[C@@H](O)C1O)C/C=C/C(=NOCC(=O)N1CCCCC1)C2. The number of hydrogen-bond donors (Lipinski definition) is 5. The van der Waals surface area contributed by atoms with Gasteiger partial charge in [-0.25, -0.2) is 4.79 Å². The summed E-state index contributed by atoms with van der Waals surface area (Å²) in [5.41, 5.74) is -0.158. The van der Waals surface area contributed by atoms with Gasteiger partial charge in [-0.1, -0.05) is 23.4 Å². The Morgan fingerprint density at radius 2 is 1.72 bits per heavy atom. The largest absolute Gasteiger partial charge is 0.467 e. The van der Waals surface area contributed by atoms with Crippen LogP contribution in [0.15, 0.2) is 41.6 Å². The number of rotatable bonds is 16. The number of carbonyl (C=O) groups excluding carboxylic acids is 3. The number of esters is 1. The Kier molecular flexibility index (Phi) is 19.5. The molecule has 17 nitrogen and oxygen atoms in total. The molecule has 0 bridgehead atoms. The van der Waals surface area contributed by atoms with Gasteiger partial charge in [-0.3, -0.25) is 9.59 Å². The van der Waals surface area contributed by atoms with Gasteiger partial charge >= 0.3 is 5.97 Å². The van der Waals surface area contributed by atoms with Gasteiger partial charge in [0.25, 0.3) is 5.91 Å². The second-order valence-corrected chi connectivity index (χ2v) is 14.7. The smallest absolute Gasteiger partial charge is 0.342 e. The molecule has 3 aliphatic heterocycles. The lowest BCUT2D eigenvalue weighted by Crippen LogP contribution is -2.57. The summed E-state index contributed by atoms with van der Waals surface area (Å²) >= 11 is 0.916. The predicted molar refractivity (Wildman–Crippen MR) is 209 cm³/mol. The number of thioether (sulfide) groups is 1. The Morgan fingerprint density at radius 3 is 2.44 bits per heavy atom. The maximum Gasteiger partial charge on any atom is 0.342 e. The van der Waals surface area contributed by atoms with E-state index in [1.165, 1.54) is 0 Å². The van der Waals surface area contributed by atoms with Crippen LogP contribution in [0.3, 0.4) is 0 Å². The number of aliphatic hydroxyl groups excluding tert-OH is 4. The molecular weight excluding hydrogens is 767 g/mol. The van der Waals surface area contributed by atoms with Gasteiger partial charge in [0.2, 0.25) is 5.91 Å². The van der Waals surface area contributed by atoms with Crippen LogP contribution in [0, 0.1) is 0 Å². The van der Waals surface area contributed by atoms with E-state index in [2.05, 4.69) is 10.5 Å². The van der Waals surface area contributed by atoms with Crippen molar-refractivity contribution in [3.05, 3.63) is 47.6 Å². The highest BCUT2D eigenvalue weighted by molar-refractivity contribution is 8.00. The molecule has 18 heteroatoms. The van der Waals surface area contributed by atoms with Gasteiger partial charge in [0.15, 0.2) is 20.2 Å². The van der Waals surface area contributed by atoms with Crippen LogP contribution in [0.1, 0.15) is 68.8 Å². The normalized spacial score (nSPS) is 27.7. The summed E-state index contributed by atoms with van der Waals surface area (Å²) in [6.45, 7) is 6.45. The fourth-order valence-electron chi connectivity index (χ4n) is 6.19. The van der Waals surface area contributed by atoms with Crippen molar-refractivity contribution >= 4 is 35.3 Å². The van der Waals surface area contributed by atoms with Gasteiger partial charge in [0.05, 0.1) is 24.1 Å². The summed E-state index contributed by atoms with van der Waals surface area (Å²) in [5, 5.41) is 47.4. The van der Waals surface area contributed by atoms with Crippen molar-refractivity contribution in [2.24, 2.45) is 5.16 Å². The summed E-state index contributed by atoms with van der Waals surface area (Å²) < 4.78 is 34.0. The number of cyclic esters (lactones) is 1. The van der Waals surface area contributed by atoms with Gasteiger partial charge in [-0.05, 0) is 64.2 Å². The maximum atomic E-state index is 13.9. The molecule has 3 heterocycles. The van der Waals surface area contributed by atoms with Crippen LogP contribution in [-0.4, -0.2) is 150 Å². The zero-order chi connectivity index (χ0) is 41.2. The highest BCUT2D eigenvalue weighted by atomic mass is 32.2. The summed E-state index contributed by atoms with van der Waals surface area (Å²) in [4.78, 5) is 47.3. The highest BCUT2D eigenvalue weighted by Crippen LogP contribution is 2.32. The molecule has 2 amide bonds. The Morgan fingerprint density at radius 1 is 0.982 bits per heavy atom. The van der Waals surface area contributed by atoms with E-state index in [9.17, 15) is 34.8 Å². The van der Waals surface area contributed by atoms with Crippen LogP contribution in [0.5, 0.6) is 11.5 Å². The molecule has 7 atom stereocenters. The van der Waals surface area contributed by atoms with E-state index in [4.69, 9.17) is 33.3 Å². The second kappa shape index (κ2) is 24.2. The van der Waals surface area contributed by atoms with Crippen molar-refractivity contribution in [2.45, 2.75) is 101 Å². The molecular formula is C39H57N3O14S. The quantitative estimate of drug-likeness (QED) is 0.0528. The maximum absolute atomic E-state index is 13.9. The fourth-order valence-corrected chi connectivity index (χ4v) is 7.17. The molecule has 0 radical (unpaired) electrons. The van der Waals surface area contributed by atoms with E-state index < -0.39 is 60.5 Å². The molecule has 2 saturated heterocycles. The van der Waals surface area contributed by atoms with Gasteiger partial charge < -0.3 is 63.9 Å². The number of carbonyl (C=O) groups is 3. The first kappa shape index (κ1) is 45.9. The van der Waals surface area contributed by atoms with E-state index >= 15 is 0 Å². The molecule has 57 heavy (non-hydrogen) atoms. The van der Waals surface area contributed by atoms with E-state index in [-0.39, 0.29) is 49.6 Å². The number of ether oxygens (including phenoxy) is 6. The number of aliphatic hydroxyl groups is 4. The number of piperidine rings is 1. The van der Waals surface area contributed by atoms with Crippen LogP contribution < -0.4 is 14.8 Å². The van der Waals surface area contributed by atoms with Crippen molar-refractivity contribution in [2.75, 3.05) is 58.9 Å². The lowest BCUT2D eigenvalue weighted by molar-refractivity contribution is -0.205. The van der Waals surface area contributed by atoms with Crippen molar-refractivity contribution < 1.29 is 68.1 Å². The van der Waals surface area contributed by atoms with Gasteiger partial charge in [-0.15, -0.1) is 11.8 Å². The number of fused-ring (bicyclic) bond motifs is 1. The van der Waals surface area contributed by atoms with E-state index in [0.29, 0.717) is 56.2 Å². The number of nitrogens with zero attached hydrogens (tertiary/aromatic N) is 2. The van der Waals surface area contributed by atoms with Crippen LogP contribution in [0.25, 0.3) is 0 Å². The molecule has 2 fully saturated rings. The van der Waals surface area contributed by atoms with Crippen molar-refractivity contribution in [1.82, 2.24) is 10.2 Å². The average molecular weight is 824 g/mol. The first-order valence-electron chi connectivity index (χ1n) is 19.3. The minimum absolute atomic E-state index is 0.0205. The first-order chi connectivity index (χ1) is 27.5. The second-order valence-electron chi connectivity index (χ2n) is 13.6. The number of likely N-dealkylation sites (tertiary alicyclic amines) is 1. The Hall–Kier alpha value is -3.75. The number of oxime groups is 1. The molecule has 1 aromatic rings. The van der Waals surface area contributed by atoms with E-state index in [1.54, 1.807) is 48.3 Å². The number of allylic oxidation sites excluding steroid dienone is 1. The Labute approximate surface area is 337 Å². The van der Waals surface area contributed by atoms with Crippen molar-refractivity contribution in [1.29, 1.82) is 0 Å². The average Bonchev–Trinajstić information content (AvgIpc) is 3.19. The lowest BCUT2D eigenvalue weighted by Gasteiger charge is -2.39. The topological polar surface area (TPSA) is 224 Å². The van der Waals surface area contributed by atoms with Crippen molar-refractivity contribution in [3.63, 3.8) is 0 Å². The minimum atomic E-state index is -1.56. The fraction of sp³-hybridized carbons (Fsp3) is 0.641. The van der Waals surface area contributed by atoms with Gasteiger partial charge in [0.1, 0.15) is 53.0 Å². The van der Waals surface area contributed by atoms with Gasteiger partial charge in [0, 0.05) is 45.2 Å². The first-order valence-corrected chi connectivity index (χ1v) is 20.4. The molecule has 318 valence electrons. The van der Waals surface area contributed by atoms with E-state index in [1.807, 2.05) is 13.8 Å². The number of nitrogens with one attached hydrogen (secondary N) is 1. The third-order valence-electron chi connectivity index (χ3n) is 9.24. The van der Waals surface area contributed by atoms with Crippen LogP contribution in [-0.2, 0) is 39.8 Å². The Bertz CT molecular complexity index is 1540. The summed E-state index contributed by atoms with van der Waals surface area (Å²) in [6.07, 6.45) is 4.33. The molecule has 1 aromatic carbocycles. The summed E-state index contributed by atoms with van der Waals surface area (Å²) in [6, 6.07) is 2.69. The zero-order valence-corrected chi connectivity index (χ0v) is 33.6. The van der Waals surface area contributed by atoms with Crippen LogP contribution in [0.2, 0.25) is 0 Å². The number of benzene rings is 1. The third kappa shape index (κ3) is 14.5. The Balaban J connectivity index is 1.60. The van der Waals surface area contributed by atoms with E-state index in [0.717, 1.165) is 31.0 Å². The predicted octanol–water partition coefficient (Wildman–Crippen LogP) is 1.83. The third-order valence-corrected chi connectivity index (χ3v) is 10.4. The molecule has 0 spiro atoms. The lowest BCUT2D eigenvalue weighted by atomic mass is 9.99. The summed E-state index contributed by atoms with van der Waals surface area (Å²) in [5.74, 6) is -0.912. The monoisotopic (exact) mass is 823 g/mol. The highest BCUT2D eigenvalue weighted by Gasteiger charge is 2.43. The molecule has 3 aliphatic rings. The molecule has 0 aromatic heterocycles. The zero-order valence-electron chi connectivity index (χ0n) is 32.8. The molecule has 0 saturated carbocycles. The molecule has 2 unspecified atom stereocenters. The van der Waals surface area contributed by atoms with Crippen LogP contribution >= 0.6 is 11.8 Å². The van der Waals surface area contributed by atoms with Crippen LogP contribution in [0.4, 0.5) is 0 Å². The van der Waals surface area contributed by atoms with Gasteiger partial charge in [-0.2, -0.15) is 0 Å².